The first kappa shape index (κ1) is 12.1. The molecule has 2 aromatic rings. The van der Waals surface area contributed by atoms with Gasteiger partial charge in [0.15, 0.2) is 0 Å². The lowest BCUT2D eigenvalue weighted by atomic mass is 10.3. The Hall–Kier alpha value is -2.37. The summed E-state index contributed by atoms with van der Waals surface area (Å²) >= 11 is 0. The summed E-state index contributed by atoms with van der Waals surface area (Å²) in [5, 5.41) is 8.62. The van der Waals surface area contributed by atoms with Crippen molar-refractivity contribution in [3.63, 3.8) is 0 Å². The van der Waals surface area contributed by atoms with Crippen LogP contribution in [0.5, 0.6) is 0 Å². The molecular weight excluding hydrogens is 232 g/mol. The fourth-order valence-electron chi connectivity index (χ4n) is 1.54. The van der Waals surface area contributed by atoms with Crippen LogP contribution in [0.1, 0.15) is 16.9 Å². The number of carbonyl (C=O) groups excluding carboxylic acids is 1. The van der Waals surface area contributed by atoms with Crippen molar-refractivity contribution < 1.29 is 4.79 Å². The summed E-state index contributed by atoms with van der Waals surface area (Å²) in [5.41, 5.74) is -0.102. The molecule has 0 aliphatic rings. The molecule has 0 bridgehead atoms. The quantitative estimate of drug-likeness (QED) is 0.749. The van der Waals surface area contributed by atoms with Crippen LogP contribution in [-0.2, 0) is 6.54 Å². The molecule has 2 rings (SSSR count). The van der Waals surface area contributed by atoms with E-state index >= 15 is 0 Å². The third-order valence-corrected chi connectivity index (χ3v) is 2.46. The van der Waals surface area contributed by atoms with E-state index < -0.39 is 0 Å². The van der Waals surface area contributed by atoms with Gasteiger partial charge in [-0.25, -0.2) is 5.10 Å². The van der Waals surface area contributed by atoms with Crippen LogP contribution in [0.2, 0.25) is 0 Å². The molecule has 6 nitrogen and oxygen atoms in total. The van der Waals surface area contributed by atoms with Gasteiger partial charge in [-0.15, -0.1) is 0 Å². The van der Waals surface area contributed by atoms with Crippen molar-refractivity contribution in [1.82, 2.24) is 20.1 Å². The van der Waals surface area contributed by atoms with Gasteiger partial charge in [-0.2, -0.15) is 5.10 Å². The smallest absolute Gasteiger partial charge is 0.271 e. The van der Waals surface area contributed by atoms with Crippen LogP contribution >= 0.6 is 0 Å². The SMILES string of the molecule is O=C(NCCCn1cccc1)c1ccc(=O)[nH]n1. The monoisotopic (exact) mass is 246 g/mol. The van der Waals surface area contributed by atoms with E-state index in [1.54, 1.807) is 0 Å². The lowest BCUT2D eigenvalue weighted by Crippen LogP contribution is -2.27. The highest BCUT2D eigenvalue weighted by Gasteiger charge is 2.05. The molecule has 0 atom stereocenters. The minimum Gasteiger partial charge on any atom is -0.354 e. The molecule has 6 heteroatoms. The standard InChI is InChI=1S/C12H14N4O2/c17-11-5-4-10(14-15-11)12(18)13-6-3-9-16-7-1-2-8-16/h1-2,4-5,7-8H,3,6,9H2,(H,13,18)(H,15,17). The third kappa shape index (κ3) is 3.31. The van der Waals surface area contributed by atoms with Gasteiger partial charge in [0.1, 0.15) is 5.69 Å². The van der Waals surface area contributed by atoms with Gasteiger partial charge in [-0.1, -0.05) is 0 Å². The van der Waals surface area contributed by atoms with Gasteiger partial charge < -0.3 is 9.88 Å². The molecular formula is C12H14N4O2. The topological polar surface area (TPSA) is 79.8 Å². The number of nitrogens with one attached hydrogen (secondary N) is 2. The predicted molar refractivity (Wildman–Crippen MR) is 66.2 cm³/mol. The maximum absolute atomic E-state index is 11.6. The Morgan fingerprint density at radius 1 is 1.33 bits per heavy atom. The zero-order valence-electron chi connectivity index (χ0n) is 9.80. The molecule has 1 amide bonds. The van der Waals surface area contributed by atoms with E-state index in [9.17, 15) is 9.59 Å². The second kappa shape index (κ2) is 5.81. The number of aromatic nitrogens is 3. The van der Waals surface area contributed by atoms with Crippen LogP contribution < -0.4 is 10.9 Å². The van der Waals surface area contributed by atoms with Gasteiger partial charge in [0.2, 0.25) is 0 Å². The summed E-state index contributed by atoms with van der Waals surface area (Å²) in [5.74, 6) is -0.279. The second-order valence-electron chi connectivity index (χ2n) is 3.84. The molecule has 0 aromatic carbocycles. The lowest BCUT2D eigenvalue weighted by Gasteiger charge is -2.05. The van der Waals surface area contributed by atoms with Crippen LogP contribution in [0.15, 0.2) is 41.5 Å². The normalized spacial score (nSPS) is 10.2. The van der Waals surface area contributed by atoms with Gasteiger partial charge in [-0.3, -0.25) is 9.59 Å². The number of hydrogen-bond acceptors (Lipinski definition) is 3. The van der Waals surface area contributed by atoms with Crippen molar-refractivity contribution in [3.05, 3.63) is 52.7 Å². The number of amides is 1. The average Bonchev–Trinajstić information content (AvgIpc) is 2.88. The number of H-pyrrole nitrogens is 1. The molecule has 0 radical (unpaired) electrons. The van der Waals surface area contributed by atoms with Gasteiger partial charge in [0.05, 0.1) is 0 Å². The van der Waals surface area contributed by atoms with Crippen LogP contribution in [0, 0.1) is 0 Å². The molecule has 2 N–H and O–H groups in total. The van der Waals surface area contributed by atoms with Crippen molar-refractivity contribution in [3.8, 4) is 0 Å². The fraction of sp³-hybridized carbons (Fsp3) is 0.250. The molecule has 0 unspecified atom stereocenters. The minimum absolute atomic E-state index is 0.218. The summed E-state index contributed by atoms with van der Waals surface area (Å²) in [7, 11) is 0. The molecule has 0 saturated carbocycles. The molecule has 0 aliphatic heterocycles. The van der Waals surface area contributed by atoms with Gasteiger partial charge in [0, 0.05) is 31.5 Å². The van der Waals surface area contributed by atoms with Crippen molar-refractivity contribution in [1.29, 1.82) is 0 Å². The first-order chi connectivity index (χ1) is 8.75. The predicted octanol–water partition coefficient (Wildman–Crippen LogP) is 0.391. The highest BCUT2D eigenvalue weighted by molar-refractivity contribution is 5.91. The molecule has 18 heavy (non-hydrogen) atoms. The summed E-state index contributed by atoms with van der Waals surface area (Å²) in [4.78, 5) is 22.4. The van der Waals surface area contributed by atoms with Crippen molar-refractivity contribution >= 4 is 5.91 Å². The first-order valence-corrected chi connectivity index (χ1v) is 5.70. The van der Waals surface area contributed by atoms with E-state index in [1.807, 2.05) is 29.1 Å². The van der Waals surface area contributed by atoms with Crippen LogP contribution in [0.25, 0.3) is 0 Å². The molecule has 0 saturated heterocycles. The maximum atomic E-state index is 11.6. The highest BCUT2D eigenvalue weighted by atomic mass is 16.2. The van der Waals surface area contributed by atoms with Crippen LogP contribution in [0.4, 0.5) is 0 Å². The minimum atomic E-state index is -0.320. The molecule has 0 spiro atoms. The Morgan fingerprint density at radius 3 is 2.78 bits per heavy atom. The Labute approximate surface area is 104 Å². The molecule has 0 fully saturated rings. The number of rotatable bonds is 5. The third-order valence-electron chi connectivity index (χ3n) is 2.46. The average molecular weight is 246 g/mol. The zero-order chi connectivity index (χ0) is 12.8. The van der Waals surface area contributed by atoms with Crippen molar-refractivity contribution in [2.45, 2.75) is 13.0 Å². The Morgan fingerprint density at radius 2 is 2.11 bits per heavy atom. The molecule has 2 aromatic heterocycles. The fourth-order valence-corrected chi connectivity index (χ4v) is 1.54. The van der Waals surface area contributed by atoms with Gasteiger partial charge in [-0.05, 0) is 24.6 Å². The number of carbonyl (C=O) groups is 1. The van der Waals surface area contributed by atoms with E-state index in [1.165, 1.54) is 12.1 Å². The summed E-state index contributed by atoms with van der Waals surface area (Å²) in [6, 6.07) is 6.60. The number of aryl methyl sites for hydroxylation is 1. The molecule has 2 heterocycles. The number of hydrogen-bond donors (Lipinski definition) is 2. The Balaban J connectivity index is 1.75. The van der Waals surface area contributed by atoms with E-state index in [2.05, 4.69) is 15.5 Å². The molecule has 0 aliphatic carbocycles. The Kier molecular flexibility index (Phi) is 3.90. The van der Waals surface area contributed by atoms with Gasteiger partial charge >= 0.3 is 0 Å². The summed E-state index contributed by atoms with van der Waals surface area (Å²) in [6.07, 6.45) is 4.79. The van der Waals surface area contributed by atoms with E-state index in [0.29, 0.717) is 6.54 Å². The van der Waals surface area contributed by atoms with Gasteiger partial charge in [0.25, 0.3) is 11.5 Å². The van der Waals surface area contributed by atoms with Crippen molar-refractivity contribution in [2.24, 2.45) is 0 Å². The van der Waals surface area contributed by atoms with E-state index in [0.717, 1.165) is 13.0 Å². The number of aromatic amines is 1. The largest absolute Gasteiger partial charge is 0.354 e. The summed E-state index contributed by atoms with van der Waals surface area (Å²) < 4.78 is 2.05. The first-order valence-electron chi connectivity index (χ1n) is 5.70. The van der Waals surface area contributed by atoms with E-state index in [-0.39, 0.29) is 17.2 Å². The second-order valence-corrected chi connectivity index (χ2v) is 3.84. The lowest BCUT2D eigenvalue weighted by molar-refractivity contribution is 0.0946. The maximum Gasteiger partial charge on any atom is 0.271 e. The molecule has 94 valence electrons. The zero-order valence-corrected chi connectivity index (χ0v) is 9.80. The van der Waals surface area contributed by atoms with Crippen LogP contribution in [0.3, 0.4) is 0 Å². The highest BCUT2D eigenvalue weighted by Crippen LogP contribution is 1.93. The number of nitrogens with zero attached hydrogens (tertiary/aromatic N) is 2. The van der Waals surface area contributed by atoms with E-state index in [4.69, 9.17) is 0 Å². The van der Waals surface area contributed by atoms with Crippen LogP contribution in [-0.4, -0.2) is 27.2 Å². The van der Waals surface area contributed by atoms with Crippen molar-refractivity contribution in [2.75, 3.05) is 6.54 Å². The summed E-state index contributed by atoms with van der Waals surface area (Å²) in [6.45, 7) is 1.42. The Bertz CT molecular complexity index is 539.